The minimum absolute atomic E-state index is 0.0387. The average molecular weight is 462 g/mol. The molecule has 1 N–H and O–H groups in total. The number of ether oxygens (including phenoxy) is 2. The lowest BCUT2D eigenvalue weighted by atomic mass is 9.93. The molecule has 0 saturated carbocycles. The van der Waals surface area contributed by atoms with E-state index in [0.717, 1.165) is 41.7 Å². The Balaban J connectivity index is 1.49. The Bertz CT molecular complexity index is 1200. The molecule has 0 aliphatic carbocycles. The molecule has 2 aliphatic rings. The van der Waals surface area contributed by atoms with Gasteiger partial charge in [-0.2, -0.15) is 0 Å². The number of carbonyl (C=O) groups is 2. The number of aromatic nitrogens is 1. The second-order valence-electron chi connectivity index (χ2n) is 9.35. The smallest absolute Gasteiger partial charge is 0.271 e. The van der Waals surface area contributed by atoms with Gasteiger partial charge in [0.05, 0.1) is 25.3 Å². The Morgan fingerprint density at radius 2 is 2.03 bits per heavy atom. The quantitative estimate of drug-likeness (QED) is 0.585. The van der Waals surface area contributed by atoms with Crippen molar-refractivity contribution in [2.75, 3.05) is 26.8 Å². The molecular formula is C27H31N3O4. The normalized spacial score (nSPS) is 22.1. The molecule has 34 heavy (non-hydrogen) atoms. The Kier molecular flexibility index (Phi) is 6.04. The zero-order valence-electron chi connectivity index (χ0n) is 19.8. The summed E-state index contributed by atoms with van der Waals surface area (Å²) in [6.45, 7) is 3.90. The van der Waals surface area contributed by atoms with Crippen molar-refractivity contribution in [1.82, 2.24) is 14.8 Å². The minimum Gasteiger partial charge on any atom is -0.497 e. The van der Waals surface area contributed by atoms with Gasteiger partial charge in [0.1, 0.15) is 17.0 Å². The van der Waals surface area contributed by atoms with Gasteiger partial charge in [-0.05, 0) is 49.9 Å². The van der Waals surface area contributed by atoms with Gasteiger partial charge in [0.15, 0.2) is 0 Å². The van der Waals surface area contributed by atoms with E-state index in [2.05, 4.69) is 5.32 Å². The fourth-order valence-corrected chi connectivity index (χ4v) is 5.09. The summed E-state index contributed by atoms with van der Waals surface area (Å²) in [6.07, 6.45) is 2.67. The standard InChI is InChI=1S/C27H31N3O4/c1-27(26(32)28-17-22-9-6-14-34-22)18-29-23-16-21(33-2)11-10-20(23)15-24(29)25(31)30(27)13-12-19-7-4-3-5-8-19/h3-5,7-8,10-11,15-16,22H,6,9,12-14,17-18H2,1-2H3,(H,28,32)/t22-,27+/m0/s1. The third-order valence-electron chi connectivity index (χ3n) is 7.11. The van der Waals surface area contributed by atoms with E-state index in [1.54, 1.807) is 12.0 Å². The highest BCUT2D eigenvalue weighted by Gasteiger charge is 2.47. The van der Waals surface area contributed by atoms with E-state index in [1.807, 2.05) is 66.1 Å². The van der Waals surface area contributed by atoms with Crippen LogP contribution in [0.5, 0.6) is 5.75 Å². The molecule has 0 unspecified atom stereocenters. The first-order valence-electron chi connectivity index (χ1n) is 11.9. The largest absolute Gasteiger partial charge is 0.497 e. The molecule has 178 valence electrons. The van der Waals surface area contributed by atoms with Crippen molar-refractivity contribution in [3.63, 3.8) is 0 Å². The van der Waals surface area contributed by atoms with Gasteiger partial charge in [0.2, 0.25) is 5.91 Å². The number of nitrogens with zero attached hydrogens (tertiary/aromatic N) is 2. The van der Waals surface area contributed by atoms with Crippen molar-refractivity contribution in [3.8, 4) is 5.75 Å². The van der Waals surface area contributed by atoms with Crippen LogP contribution < -0.4 is 10.1 Å². The highest BCUT2D eigenvalue weighted by Crippen LogP contribution is 2.34. The number of hydrogen-bond acceptors (Lipinski definition) is 4. The fourth-order valence-electron chi connectivity index (χ4n) is 5.09. The molecule has 3 heterocycles. The molecule has 7 heteroatoms. The molecule has 2 amide bonds. The van der Waals surface area contributed by atoms with Crippen LogP contribution in [-0.2, 0) is 22.5 Å². The zero-order valence-corrected chi connectivity index (χ0v) is 19.8. The Labute approximate surface area is 199 Å². The first-order valence-corrected chi connectivity index (χ1v) is 11.9. The second kappa shape index (κ2) is 9.14. The molecule has 2 aliphatic heterocycles. The maximum Gasteiger partial charge on any atom is 0.271 e. The summed E-state index contributed by atoms with van der Waals surface area (Å²) in [5, 5.41) is 4.04. The van der Waals surface area contributed by atoms with E-state index >= 15 is 0 Å². The fraction of sp³-hybridized carbons (Fsp3) is 0.407. The van der Waals surface area contributed by atoms with Gasteiger partial charge in [0.25, 0.3) is 5.91 Å². The molecule has 7 nitrogen and oxygen atoms in total. The van der Waals surface area contributed by atoms with Crippen molar-refractivity contribution in [2.45, 2.75) is 44.4 Å². The van der Waals surface area contributed by atoms with Crippen LogP contribution in [0, 0.1) is 0 Å². The van der Waals surface area contributed by atoms with Crippen molar-refractivity contribution in [3.05, 3.63) is 65.9 Å². The number of hydrogen-bond donors (Lipinski definition) is 1. The van der Waals surface area contributed by atoms with Crippen LogP contribution >= 0.6 is 0 Å². The lowest BCUT2D eigenvalue weighted by Gasteiger charge is -2.44. The van der Waals surface area contributed by atoms with E-state index < -0.39 is 5.54 Å². The number of methoxy groups -OCH3 is 1. The van der Waals surface area contributed by atoms with Gasteiger partial charge >= 0.3 is 0 Å². The number of fused-ring (bicyclic) bond motifs is 3. The van der Waals surface area contributed by atoms with Crippen LogP contribution in [-0.4, -0.2) is 59.7 Å². The van der Waals surface area contributed by atoms with E-state index in [9.17, 15) is 9.59 Å². The van der Waals surface area contributed by atoms with Gasteiger partial charge in [-0.15, -0.1) is 0 Å². The maximum absolute atomic E-state index is 13.8. The van der Waals surface area contributed by atoms with E-state index in [1.165, 1.54) is 0 Å². The lowest BCUT2D eigenvalue weighted by Crippen LogP contribution is -2.64. The predicted octanol–water partition coefficient (Wildman–Crippen LogP) is 3.40. The molecular weight excluding hydrogens is 430 g/mol. The topological polar surface area (TPSA) is 72.8 Å². The molecule has 1 saturated heterocycles. The monoisotopic (exact) mass is 461 g/mol. The van der Waals surface area contributed by atoms with Crippen LogP contribution in [0.15, 0.2) is 54.6 Å². The number of amides is 2. The maximum atomic E-state index is 13.8. The summed E-state index contributed by atoms with van der Waals surface area (Å²) in [5.41, 5.74) is 1.59. The van der Waals surface area contributed by atoms with Gasteiger partial charge in [-0.25, -0.2) is 0 Å². The third kappa shape index (κ3) is 4.05. The summed E-state index contributed by atoms with van der Waals surface area (Å²) in [4.78, 5) is 29.2. The number of nitrogens with one attached hydrogen (secondary N) is 1. The Hall–Kier alpha value is -3.32. The molecule has 2 aromatic carbocycles. The Morgan fingerprint density at radius 3 is 2.76 bits per heavy atom. The molecule has 3 aromatic rings. The van der Waals surface area contributed by atoms with Crippen molar-refractivity contribution in [1.29, 1.82) is 0 Å². The van der Waals surface area contributed by atoms with Crippen molar-refractivity contribution >= 4 is 22.7 Å². The van der Waals surface area contributed by atoms with Crippen LogP contribution in [0.3, 0.4) is 0 Å². The summed E-state index contributed by atoms with van der Waals surface area (Å²) in [5.74, 6) is 0.434. The van der Waals surface area contributed by atoms with E-state index in [-0.39, 0.29) is 17.9 Å². The number of rotatable bonds is 7. The van der Waals surface area contributed by atoms with Crippen LogP contribution in [0.25, 0.3) is 10.9 Å². The molecule has 2 atom stereocenters. The van der Waals surface area contributed by atoms with Gasteiger partial charge < -0.3 is 24.3 Å². The van der Waals surface area contributed by atoms with Crippen molar-refractivity contribution in [2.24, 2.45) is 0 Å². The highest BCUT2D eigenvalue weighted by molar-refractivity contribution is 6.03. The molecule has 0 bridgehead atoms. The van der Waals surface area contributed by atoms with Crippen LogP contribution in [0.1, 0.15) is 35.8 Å². The molecule has 0 spiro atoms. The summed E-state index contributed by atoms with van der Waals surface area (Å²) >= 11 is 0. The summed E-state index contributed by atoms with van der Waals surface area (Å²) < 4.78 is 13.1. The number of carbonyl (C=O) groups excluding carboxylic acids is 2. The molecule has 1 aromatic heterocycles. The van der Waals surface area contributed by atoms with Crippen LogP contribution in [0.4, 0.5) is 0 Å². The number of benzene rings is 2. The van der Waals surface area contributed by atoms with Gasteiger partial charge in [-0.1, -0.05) is 30.3 Å². The SMILES string of the molecule is COc1ccc2cc3n(c2c1)C[C@](C)(C(=O)NC[C@@H]1CCCO1)N(CCc1ccccc1)C3=O. The highest BCUT2D eigenvalue weighted by atomic mass is 16.5. The van der Waals surface area contributed by atoms with E-state index in [0.29, 0.717) is 31.7 Å². The van der Waals surface area contributed by atoms with Crippen molar-refractivity contribution < 1.29 is 19.1 Å². The minimum atomic E-state index is -1.04. The second-order valence-corrected chi connectivity index (χ2v) is 9.35. The molecule has 5 rings (SSSR count). The van der Waals surface area contributed by atoms with Crippen LogP contribution in [0.2, 0.25) is 0 Å². The first kappa shape index (κ1) is 22.5. The summed E-state index contributed by atoms with van der Waals surface area (Å²) in [6, 6.07) is 17.7. The van der Waals surface area contributed by atoms with Gasteiger partial charge in [0, 0.05) is 31.1 Å². The van der Waals surface area contributed by atoms with E-state index in [4.69, 9.17) is 9.47 Å². The average Bonchev–Trinajstić information content (AvgIpc) is 3.50. The first-order chi connectivity index (χ1) is 16.5. The van der Waals surface area contributed by atoms with Gasteiger partial charge in [-0.3, -0.25) is 9.59 Å². The molecule has 1 fully saturated rings. The Morgan fingerprint density at radius 1 is 1.21 bits per heavy atom. The molecule has 0 radical (unpaired) electrons. The zero-order chi connectivity index (χ0) is 23.7. The third-order valence-corrected chi connectivity index (χ3v) is 7.11. The lowest BCUT2D eigenvalue weighted by molar-refractivity contribution is -0.133. The predicted molar refractivity (Wildman–Crippen MR) is 130 cm³/mol. The summed E-state index contributed by atoms with van der Waals surface area (Å²) in [7, 11) is 1.63.